The summed E-state index contributed by atoms with van der Waals surface area (Å²) in [6.07, 6.45) is 3.77. The van der Waals surface area contributed by atoms with Crippen molar-refractivity contribution < 1.29 is 17.9 Å². The quantitative estimate of drug-likeness (QED) is 0.688. The van der Waals surface area contributed by atoms with Gasteiger partial charge in [0.25, 0.3) is 0 Å². The summed E-state index contributed by atoms with van der Waals surface area (Å²) in [6.45, 7) is 7.18. The predicted octanol–water partition coefficient (Wildman–Crippen LogP) is 4.80. The highest BCUT2D eigenvalue weighted by Crippen LogP contribution is 2.63. The Balaban J connectivity index is 1.24. The van der Waals surface area contributed by atoms with E-state index in [0.717, 1.165) is 50.7 Å². The first kappa shape index (κ1) is 22.3. The first-order valence-corrected chi connectivity index (χ1v) is 12.4. The third-order valence-electron chi connectivity index (χ3n) is 8.65. The van der Waals surface area contributed by atoms with Gasteiger partial charge in [0.15, 0.2) is 0 Å². The Morgan fingerprint density at radius 1 is 1.21 bits per heavy atom. The Hall–Kier alpha value is -2.13. The molecule has 34 heavy (non-hydrogen) atoms. The summed E-state index contributed by atoms with van der Waals surface area (Å²) in [5.41, 5.74) is 6.86. The van der Waals surface area contributed by atoms with Crippen LogP contribution in [0.2, 0.25) is 0 Å². The molecule has 2 aromatic heterocycles. The fourth-order valence-electron chi connectivity index (χ4n) is 6.74. The molecule has 2 N–H and O–H groups in total. The zero-order valence-electron chi connectivity index (χ0n) is 19.7. The number of likely N-dealkylation sites (tertiary alicyclic amines) is 1. The number of aromatic nitrogens is 3. The van der Waals surface area contributed by atoms with E-state index in [-0.39, 0.29) is 17.1 Å². The Bertz CT molecular complexity index is 1100. The highest BCUT2D eigenvalue weighted by Gasteiger charge is 2.61. The van der Waals surface area contributed by atoms with Crippen LogP contribution in [0, 0.1) is 5.92 Å². The van der Waals surface area contributed by atoms with E-state index in [4.69, 9.17) is 15.6 Å². The second-order valence-corrected chi connectivity index (χ2v) is 11.1. The van der Waals surface area contributed by atoms with E-state index in [9.17, 15) is 13.2 Å². The summed E-state index contributed by atoms with van der Waals surface area (Å²) < 4.78 is 48.2. The molecule has 2 aromatic rings. The molecule has 9 heteroatoms. The first-order valence-electron chi connectivity index (χ1n) is 12.4. The molecule has 0 unspecified atom stereocenters. The molecule has 0 aromatic carbocycles. The third-order valence-corrected chi connectivity index (χ3v) is 8.65. The Morgan fingerprint density at radius 2 is 2.00 bits per heavy atom. The molecule has 6 rings (SSSR count). The molecule has 0 amide bonds. The molecule has 4 aliphatic rings. The van der Waals surface area contributed by atoms with E-state index in [1.54, 1.807) is 0 Å². The van der Waals surface area contributed by atoms with E-state index >= 15 is 0 Å². The van der Waals surface area contributed by atoms with Crippen molar-refractivity contribution in [1.29, 1.82) is 0 Å². The van der Waals surface area contributed by atoms with Crippen molar-refractivity contribution in [3.05, 3.63) is 29.6 Å². The number of halogens is 3. The van der Waals surface area contributed by atoms with Crippen LogP contribution in [0.1, 0.15) is 69.7 Å². The average Bonchev–Trinajstić information content (AvgIpc) is 3.11. The maximum atomic E-state index is 13.4. The lowest BCUT2D eigenvalue weighted by Crippen LogP contribution is -2.64. The van der Waals surface area contributed by atoms with Crippen LogP contribution in [0.3, 0.4) is 0 Å². The van der Waals surface area contributed by atoms with Gasteiger partial charge in [0, 0.05) is 54.6 Å². The lowest BCUT2D eigenvalue weighted by molar-refractivity contribution is -0.137. The van der Waals surface area contributed by atoms with Gasteiger partial charge in [-0.05, 0) is 70.4 Å². The molecule has 0 radical (unpaired) electrons. The molecule has 4 fully saturated rings. The normalized spacial score (nSPS) is 30.5. The van der Waals surface area contributed by atoms with Crippen LogP contribution < -0.4 is 5.73 Å². The Labute approximate surface area is 197 Å². The number of ether oxygens (including phenoxy) is 1. The van der Waals surface area contributed by atoms with Gasteiger partial charge in [-0.1, -0.05) is 0 Å². The molecular weight excluding hydrogens is 443 g/mol. The molecule has 1 spiro atoms. The average molecular weight is 476 g/mol. The summed E-state index contributed by atoms with van der Waals surface area (Å²) in [5.74, 6) is 0.0966. The first-order chi connectivity index (χ1) is 16.1. The number of hydrogen-bond acceptors (Lipinski definition) is 5. The summed E-state index contributed by atoms with van der Waals surface area (Å²) in [6, 6.07) is 3.80. The van der Waals surface area contributed by atoms with E-state index < -0.39 is 17.6 Å². The monoisotopic (exact) mass is 475 g/mol. The van der Waals surface area contributed by atoms with E-state index in [1.165, 1.54) is 25.5 Å². The standard InChI is InChI=1S/C25H32F3N5O/c1-15(2)33-21(10-20(31-33)16-8-19(25(26,27)28)22(29)30-12-16)24-6-4-18(9-17(24)11-24)32-13-23(14-32)5-3-7-34-23/h8,10,12,15,17-18H,3-7,9,11,13-14H2,1-2H3,(H2,29,30)/t17-,18-,24-/m0/s1. The molecule has 184 valence electrons. The van der Waals surface area contributed by atoms with E-state index in [2.05, 4.69) is 23.7 Å². The van der Waals surface area contributed by atoms with Crippen LogP contribution in [0.4, 0.5) is 19.0 Å². The van der Waals surface area contributed by atoms with Gasteiger partial charge >= 0.3 is 6.18 Å². The van der Waals surface area contributed by atoms with Crippen LogP contribution >= 0.6 is 0 Å². The number of alkyl halides is 3. The molecule has 0 bridgehead atoms. The fourth-order valence-corrected chi connectivity index (χ4v) is 6.74. The number of rotatable bonds is 4. The molecular formula is C25H32F3N5O. The highest BCUT2D eigenvalue weighted by molar-refractivity contribution is 5.63. The minimum absolute atomic E-state index is 0.0898. The summed E-state index contributed by atoms with van der Waals surface area (Å²) >= 11 is 0. The van der Waals surface area contributed by atoms with E-state index in [0.29, 0.717) is 23.2 Å². The number of nitrogens with zero attached hydrogens (tertiary/aromatic N) is 4. The number of nitrogens with two attached hydrogens (primary N) is 1. The number of nitrogen functional groups attached to an aromatic ring is 1. The molecule has 2 saturated heterocycles. The smallest absolute Gasteiger partial charge is 0.383 e. The second kappa shape index (κ2) is 7.43. The molecule has 3 atom stereocenters. The van der Waals surface area contributed by atoms with E-state index in [1.807, 2.05) is 10.7 Å². The fraction of sp³-hybridized carbons (Fsp3) is 0.680. The van der Waals surface area contributed by atoms with Crippen molar-refractivity contribution in [3.63, 3.8) is 0 Å². The van der Waals surface area contributed by atoms with Crippen LogP contribution in [-0.4, -0.2) is 51.0 Å². The largest absolute Gasteiger partial charge is 0.419 e. The molecule has 2 aliphatic heterocycles. The van der Waals surface area contributed by atoms with Gasteiger partial charge in [-0.25, -0.2) is 4.98 Å². The number of pyridine rings is 1. The zero-order valence-corrected chi connectivity index (χ0v) is 19.7. The van der Waals surface area contributed by atoms with Crippen molar-refractivity contribution in [3.8, 4) is 11.3 Å². The van der Waals surface area contributed by atoms with Gasteiger partial charge in [0.2, 0.25) is 0 Å². The van der Waals surface area contributed by atoms with Crippen LogP contribution in [-0.2, 0) is 16.3 Å². The van der Waals surface area contributed by atoms with Gasteiger partial charge in [0.1, 0.15) is 5.82 Å². The summed E-state index contributed by atoms with van der Waals surface area (Å²) in [5, 5.41) is 4.75. The maximum absolute atomic E-state index is 13.4. The van der Waals surface area contributed by atoms with Gasteiger partial charge < -0.3 is 10.5 Å². The maximum Gasteiger partial charge on any atom is 0.419 e. The van der Waals surface area contributed by atoms with Gasteiger partial charge in [-0.15, -0.1) is 0 Å². The number of anilines is 1. The van der Waals surface area contributed by atoms with Crippen molar-refractivity contribution in [2.24, 2.45) is 5.92 Å². The molecule has 2 saturated carbocycles. The van der Waals surface area contributed by atoms with Crippen molar-refractivity contribution in [2.45, 2.75) is 81.6 Å². The Kier molecular flexibility index (Phi) is 4.88. The van der Waals surface area contributed by atoms with Gasteiger partial charge in [0.05, 0.1) is 16.9 Å². The second-order valence-electron chi connectivity index (χ2n) is 11.1. The van der Waals surface area contributed by atoms with Crippen molar-refractivity contribution in [1.82, 2.24) is 19.7 Å². The van der Waals surface area contributed by atoms with Crippen LogP contribution in [0.15, 0.2) is 18.3 Å². The van der Waals surface area contributed by atoms with Gasteiger partial charge in [-0.2, -0.15) is 18.3 Å². The van der Waals surface area contributed by atoms with Gasteiger partial charge in [-0.3, -0.25) is 9.58 Å². The summed E-state index contributed by atoms with van der Waals surface area (Å²) in [4.78, 5) is 6.42. The minimum atomic E-state index is -4.55. The zero-order chi connectivity index (χ0) is 23.9. The number of fused-ring (bicyclic) bond motifs is 1. The number of hydrogen-bond donors (Lipinski definition) is 1. The summed E-state index contributed by atoms with van der Waals surface area (Å²) in [7, 11) is 0. The molecule has 2 aliphatic carbocycles. The SMILES string of the molecule is CC(C)n1nc(-c2cnc(N)c(C(F)(F)F)c2)cc1[C@]12CC[C@H](N3CC4(CCCO4)C3)C[C@H]1C2. The predicted molar refractivity (Wildman–Crippen MR) is 122 cm³/mol. The van der Waals surface area contributed by atoms with Crippen molar-refractivity contribution >= 4 is 5.82 Å². The molecule has 6 nitrogen and oxygen atoms in total. The highest BCUT2D eigenvalue weighted by atomic mass is 19.4. The minimum Gasteiger partial charge on any atom is -0.383 e. The van der Waals surface area contributed by atoms with Crippen molar-refractivity contribution in [2.75, 3.05) is 25.4 Å². The van der Waals surface area contributed by atoms with Crippen LogP contribution in [0.5, 0.6) is 0 Å². The lowest BCUT2D eigenvalue weighted by atomic mass is 9.79. The lowest BCUT2D eigenvalue weighted by Gasteiger charge is -2.52. The third kappa shape index (κ3) is 3.46. The van der Waals surface area contributed by atoms with Crippen LogP contribution in [0.25, 0.3) is 11.3 Å². The molecule has 4 heterocycles. The Morgan fingerprint density at radius 3 is 2.65 bits per heavy atom. The topological polar surface area (TPSA) is 69.2 Å².